The van der Waals surface area contributed by atoms with E-state index in [9.17, 15) is 4.79 Å². The van der Waals surface area contributed by atoms with E-state index in [1.807, 2.05) is 13.8 Å². The van der Waals surface area contributed by atoms with Crippen LogP contribution in [-0.2, 0) is 0 Å². The maximum atomic E-state index is 12.5. The second-order valence-electron chi connectivity index (χ2n) is 5.51. The van der Waals surface area contributed by atoms with Crippen LogP contribution in [0.15, 0.2) is 28.9 Å². The summed E-state index contributed by atoms with van der Waals surface area (Å²) in [6.07, 6.45) is 1.52. The molecule has 3 aromatic heterocycles. The minimum atomic E-state index is -0.298. The molecule has 0 radical (unpaired) electrons. The Labute approximate surface area is 137 Å². The third-order valence-corrected chi connectivity index (χ3v) is 3.60. The van der Waals surface area contributed by atoms with Gasteiger partial charge in [-0.25, -0.2) is 9.97 Å². The molecule has 118 valence electrons. The minimum absolute atomic E-state index is 0.0605. The normalized spacial score (nSPS) is 11.2. The molecule has 0 aliphatic carbocycles. The maximum absolute atomic E-state index is 12.5. The predicted octanol–water partition coefficient (Wildman–Crippen LogP) is 3.96. The smallest absolute Gasteiger partial charge is 0.262 e. The molecular weight excluding hydrogens is 316 g/mol. The van der Waals surface area contributed by atoms with Crippen molar-refractivity contribution in [3.8, 4) is 0 Å². The van der Waals surface area contributed by atoms with E-state index < -0.39 is 0 Å². The lowest BCUT2D eigenvalue weighted by atomic mass is 10.0. The van der Waals surface area contributed by atoms with E-state index in [-0.39, 0.29) is 11.8 Å². The van der Waals surface area contributed by atoms with E-state index in [2.05, 4.69) is 20.4 Å². The molecule has 3 heterocycles. The average Bonchev–Trinajstić information content (AvgIpc) is 2.89. The minimum Gasteiger partial charge on any atom is -0.360 e. The molecule has 1 amide bonds. The molecule has 6 nitrogen and oxygen atoms in total. The van der Waals surface area contributed by atoms with Crippen LogP contribution in [0.25, 0.3) is 11.0 Å². The Morgan fingerprint density at radius 3 is 2.87 bits per heavy atom. The summed E-state index contributed by atoms with van der Waals surface area (Å²) in [5, 5.41) is 7.99. The van der Waals surface area contributed by atoms with Gasteiger partial charge in [0, 0.05) is 17.5 Å². The predicted molar refractivity (Wildman–Crippen MR) is 87.8 cm³/mol. The highest BCUT2D eigenvalue weighted by molar-refractivity contribution is 6.31. The molecule has 0 saturated heterocycles. The monoisotopic (exact) mass is 330 g/mol. The van der Waals surface area contributed by atoms with Crippen molar-refractivity contribution in [2.24, 2.45) is 0 Å². The Morgan fingerprint density at radius 2 is 2.13 bits per heavy atom. The summed E-state index contributed by atoms with van der Waals surface area (Å²) in [4.78, 5) is 21.0. The molecule has 3 rings (SSSR count). The molecule has 0 spiro atoms. The molecule has 0 atom stereocenters. The van der Waals surface area contributed by atoms with Crippen molar-refractivity contribution in [2.45, 2.75) is 26.7 Å². The van der Waals surface area contributed by atoms with Crippen molar-refractivity contribution in [3.05, 3.63) is 46.4 Å². The van der Waals surface area contributed by atoms with Gasteiger partial charge in [-0.3, -0.25) is 4.79 Å². The Balaban J connectivity index is 1.91. The highest BCUT2D eigenvalue weighted by atomic mass is 35.5. The number of anilines is 1. The molecule has 0 aromatic carbocycles. The number of hydrogen-bond donors (Lipinski definition) is 1. The first-order chi connectivity index (χ1) is 11.0. The number of nitrogens with zero attached hydrogens (tertiary/aromatic N) is 3. The standard InChI is InChI=1S/C16H15ClN4O2/c1-8(2)14-13(9(3)21-23-14)16(22)20-12-5-4-10-6-11(17)7-18-15(10)19-12/h4-8H,1-3H3,(H,18,19,20,22). The number of aromatic nitrogens is 3. The SMILES string of the molecule is Cc1noc(C(C)C)c1C(=O)Nc1ccc2cc(Cl)cnc2n1. The number of halogens is 1. The first-order valence-corrected chi connectivity index (χ1v) is 7.53. The Bertz CT molecular complexity index is 889. The van der Waals surface area contributed by atoms with E-state index in [0.717, 1.165) is 5.39 Å². The van der Waals surface area contributed by atoms with E-state index in [1.165, 1.54) is 6.20 Å². The number of amides is 1. The van der Waals surface area contributed by atoms with Crippen LogP contribution in [0.5, 0.6) is 0 Å². The zero-order valence-corrected chi connectivity index (χ0v) is 13.7. The Kier molecular flexibility index (Phi) is 4.00. The van der Waals surface area contributed by atoms with Gasteiger partial charge in [0.05, 0.1) is 10.7 Å². The molecule has 0 fully saturated rings. The summed E-state index contributed by atoms with van der Waals surface area (Å²) in [6, 6.07) is 5.28. The Hall–Kier alpha value is -2.47. The molecule has 0 unspecified atom stereocenters. The molecular formula is C16H15ClN4O2. The zero-order valence-electron chi connectivity index (χ0n) is 12.9. The van der Waals surface area contributed by atoms with Gasteiger partial charge < -0.3 is 9.84 Å². The molecule has 0 aliphatic heterocycles. The van der Waals surface area contributed by atoms with Gasteiger partial charge in [-0.2, -0.15) is 0 Å². The fourth-order valence-electron chi connectivity index (χ4n) is 2.29. The summed E-state index contributed by atoms with van der Waals surface area (Å²) in [7, 11) is 0. The number of carbonyl (C=O) groups is 1. The van der Waals surface area contributed by atoms with Crippen molar-refractivity contribution >= 4 is 34.4 Å². The van der Waals surface area contributed by atoms with Crippen LogP contribution < -0.4 is 5.32 Å². The van der Waals surface area contributed by atoms with Gasteiger partial charge in [-0.15, -0.1) is 0 Å². The Morgan fingerprint density at radius 1 is 1.35 bits per heavy atom. The number of carbonyl (C=O) groups excluding carboxylic acids is 1. The van der Waals surface area contributed by atoms with Crippen LogP contribution in [0.2, 0.25) is 5.02 Å². The molecule has 0 saturated carbocycles. The molecule has 0 aliphatic rings. The van der Waals surface area contributed by atoms with Crippen molar-refractivity contribution < 1.29 is 9.32 Å². The second kappa shape index (κ2) is 5.96. The van der Waals surface area contributed by atoms with Crippen LogP contribution in [0, 0.1) is 6.92 Å². The van der Waals surface area contributed by atoms with Crippen LogP contribution >= 0.6 is 11.6 Å². The lowest BCUT2D eigenvalue weighted by Crippen LogP contribution is -2.15. The van der Waals surface area contributed by atoms with Crippen molar-refractivity contribution in [1.29, 1.82) is 0 Å². The maximum Gasteiger partial charge on any atom is 0.262 e. The molecule has 0 bridgehead atoms. The molecule has 3 aromatic rings. The number of pyridine rings is 2. The summed E-state index contributed by atoms with van der Waals surface area (Å²) in [6.45, 7) is 5.62. The fraction of sp³-hybridized carbons (Fsp3) is 0.250. The van der Waals surface area contributed by atoms with Crippen LogP contribution in [0.4, 0.5) is 5.82 Å². The molecule has 23 heavy (non-hydrogen) atoms. The highest BCUT2D eigenvalue weighted by Crippen LogP contribution is 2.23. The number of fused-ring (bicyclic) bond motifs is 1. The van der Waals surface area contributed by atoms with E-state index in [0.29, 0.717) is 33.5 Å². The third kappa shape index (κ3) is 3.03. The van der Waals surface area contributed by atoms with Gasteiger partial charge in [0.2, 0.25) is 0 Å². The van der Waals surface area contributed by atoms with Gasteiger partial charge in [0.1, 0.15) is 11.4 Å². The van der Waals surface area contributed by atoms with Gasteiger partial charge in [0.25, 0.3) is 5.91 Å². The zero-order chi connectivity index (χ0) is 16.6. The van der Waals surface area contributed by atoms with Gasteiger partial charge in [-0.05, 0) is 25.1 Å². The fourth-order valence-corrected chi connectivity index (χ4v) is 2.46. The van der Waals surface area contributed by atoms with Gasteiger partial charge >= 0.3 is 0 Å². The van der Waals surface area contributed by atoms with Crippen LogP contribution in [0.3, 0.4) is 0 Å². The van der Waals surface area contributed by atoms with Crippen molar-refractivity contribution in [3.63, 3.8) is 0 Å². The number of nitrogens with one attached hydrogen (secondary N) is 1. The first kappa shape index (κ1) is 15.4. The lowest BCUT2D eigenvalue weighted by Gasteiger charge is -2.07. The third-order valence-electron chi connectivity index (χ3n) is 3.39. The van der Waals surface area contributed by atoms with Gasteiger partial charge in [0.15, 0.2) is 11.4 Å². The number of rotatable bonds is 3. The van der Waals surface area contributed by atoms with Crippen molar-refractivity contribution in [2.75, 3.05) is 5.32 Å². The van der Waals surface area contributed by atoms with E-state index in [4.69, 9.17) is 16.1 Å². The summed E-state index contributed by atoms with van der Waals surface area (Å²) >= 11 is 5.90. The largest absolute Gasteiger partial charge is 0.360 e. The summed E-state index contributed by atoms with van der Waals surface area (Å²) < 4.78 is 5.24. The topological polar surface area (TPSA) is 80.9 Å². The average molecular weight is 331 g/mol. The number of hydrogen-bond acceptors (Lipinski definition) is 5. The highest BCUT2D eigenvalue weighted by Gasteiger charge is 2.22. The molecule has 7 heteroatoms. The summed E-state index contributed by atoms with van der Waals surface area (Å²) in [5.41, 5.74) is 1.51. The van der Waals surface area contributed by atoms with Gasteiger partial charge in [-0.1, -0.05) is 30.6 Å². The quantitative estimate of drug-likeness (QED) is 0.786. The number of aryl methyl sites for hydroxylation is 1. The van der Waals surface area contributed by atoms with E-state index >= 15 is 0 Å². The van der Waals surface area contributed by atoms with Crippen LogP contribution in [0.1, 0.15) is 41.6 Å². The van der Waals surface area contributed by atoms with Crippen LogP contribution in [-0.4, -0.2) is 21.0 Å². The van der Waals surface area contributed by atoms with E-state index in [1.54, 1.807) is 25.1 Å². The van der Waals surface area contributed by atoms with Crippen molar-refractivity contribution in [1.82, 2.24) is 15.1 Å². The molecule has 1 N–H and O–H groups in total. The first-order valence-electron chi connectivity index (χ1n) is 7.15. The summed E-state index contributed by atoms with van der Waals surface area (Å²) in [5.74, 6) is 0.733. The lowest BCUT2D eigenvalue weighted by molar-refractivity contribution is 0.102. The second-order valence-corrected chi connectivity index (χ2v) is 5.95.